The number of sulfonamides is 1. The number of piperidine rings is 1. The second kappa shape index (κ2) is 13.4. The lowest BCUT2D eigenvalue weighted by atomic mass is 10.0. The Hall–Kier alpha value is -4.25. The molecule has 0 saturated carbocycles. The smallest absolute Gasteiger partial charge is 0.321 e. The molecule has 1 aliphatic heterocycles. The first-order chi connectivity index (χ1) is 20.7. The van der Waals surface area contributed by atoms with E-state index >= 15 is 0 Å². The van der Waals surface area contributed by atoms with Crippen molar-refractivity contribution in [2.45, 2.75) is 23.8 Å². The Morgan fingerprint density at radius 2 is 1.51 bits per heavy atom. The fourth-order valence-electron chi connectivity index (χ4n) is 4.55. The van der Waals surface area contributed by atoms with Gasteiger partial charge in [0.1, 0.15) is 11.5 Å². The number of anilines is 2. The van der Waals surface area contributed by atoms with Crippen LogP contribution in [0.4, 0.5) is 16.2 Å². The van der Waals surface area contributed by atoms with Gasteiger partial charge >= 0.3 is 6.03 Å². The highest BCUT2D eigenvalue weighted by molar-refractivity contribution is 7.92. The van der Waals surface area contributed by atoms with Gasteiger partial charge in [0.15, 0.2) is 0 Å². The van der Waals surface area contributed by atoms with E-state index in [9.17, 15) is 18.0 Å². The van der Waals surface area contributed by atoms with Crippen molar-refractivity contribution in [3.05, 3.63) is 113 Å². The lowest BCUT2D eigenvalue weighted by Crippen LogP contribution is -2.47. The third-order valence-electron chi connectivity index (χ3n) is 6.81. The summed E-state index contributed by atoms with van der Waals surface area (Å²) in [6.07, 6.45) is 1.08. The number of halogens is 2. The largest absolute Gasteiger partial charge is 0.456 e. The zero-order valence-electron chi connectivity index (χ0n) is 22.8. The number of hydrogen-bond acceptors (Lipinski definition) is 5. The number of para-hydroxylation sites is 2. The maximum atomic E-state index is 13.3. The molecule has 1 fully saturated rings. The number of amides is 3. The number of carbonyl (C=O) groups excluding carboxylic acids is 2. The van der Waals surface area contributed by atoms with Crippen LogP contribution in [0.3, 0.4) is 0 Å². The molecule has 222 valence electrons. The summed E-state index contributed by atoms with van der Waals surface area (Å²) < 4.78 is 34.7. The average Bonchev–Trinajstić information content (AvgIpc) is 3.00. The number of urea groups is 1. The summed E-state index contributed by atoms with van der Waals surface area (Å²) >= 11 is 12.3. The highest BCUT2D eigenvalue weighted by Gasteiger charge is 2.26. The molecule has 0 unspecified atom stereocenters. The van der Waals surface area contributed by atoms with Crippen molar-refractivity contribution < 1.29 is 22.7 Å². The SMILES string of the molecule is O=C(NC1CCN(C(=O)Nc2ccccc2)CC1)c1cc(Cl)ccc1NS(=O)(=O)c1ccc(Oc2ccccc2Cl)cc1. The summed E-state index contributed by atoms with van der Waals surface area (Å²) in [6.45, 7) is 0.906. The molecule has 12 heteroatoms. The number of rotatable bonds is 8. The zero-order chi connectivity index (χ0) is 30.4. The van der Waals surface area contributed by atoms with Crippen LogP contribution in [0.2, 0.25) is 10.0 Å². The quantitative estimate of drug-likeness (QED) is 0.192. The first-order valence-electron chi connectivity index (χ1n) is 13.4. The van der Waals surface area contributed by atoms with E-state index in [2.05, 4.69) is 15.4 Å². The van der Waals surface area contributed by atoms with Crippen molar-refractivity contribution >= 4 is 56.5 Å². The van der Waals surface area contributed by atoms with Gasteiger partial charge in [0.2, 0.25) is 0 Å². The Kier molecular flexibility index (Phi) is 9.40. The highest BCUT2D eigenvalue weighted by atomic mass is 35.5. The summed E-state index contributed by atoms with van der Waals surface area (Å²) in [5, 5.41) is 6.52. The van der Waals surface area contributed by atoms with E-state index in [4.69, 9.17) is 27.9 Å². The molecule has 0 aliphatic carbocycles. The Bertz CT molecular complexity index is 1710. The van der Waals surface area contributed by atoms with Crippen LogP contribution in [0.1, 0.15) is 23.2 Å². The molecule has 1 saturated heterocycles. The minimum absolute atomic E-state index is 0.0264. The summed E-state index contributed by atoms with van der Waals surface area (Å²) in [4.78, 5) is 27.6. The Morgan fingerprint density at radius 3 is 2.21 bits per heavy atom. The van der Waals surface area contributed by atoms with Crippen LogP contribution in [0.15, 0.2) is 102 Å². The summed E-state index contributed by atoms with van der Waals surface area (Å²) in [5.74, 6) is 0.369. The normalized spacial score (nSPS) is 13.7. The first kappa shape index (κ1) is 30.2. The van der Waals surface area contributed by atoms with E-state index in [1.807, 2.05) is 30.3 Å². The number of hydrogen-bond donors (Lipinski definition) is 3. The van der Waals surface area contributed by atoms with Gasteiger partial charge in [-0.05, 0) is 79.6 Å². The minimum atomic E-state index is -4.06. The van der Waals surface area contributed by atoms with Crippen LogP contribution in [-0.2, 0) is 10.0 Å². The molecule has 0 aromatic heterocycles. The van der Waals surface area contributed by atoms with Gasteiger partial charge in [0.05, 0.1) is 21.2 Å². The van der Waals surface area contributed by atoms with Gasteiger partial charge in [-0.2, -0.15) is 0 Å². The second-order valence-corrected chi connectivity index (χ2v) is 12.4. The molecule has 9 nitrogen and oxygen atoms in total. The van der Waals surface area contributed by atoms with Crippen LogP contribution in [0.5, 0.6) is 11.5 Å². The van der Waals surface area contributed by atoms with Gasteiger partial charge in [-0.15, -0.1) is 0 Å². The lowest BCUT2D eigenvalue weighted by molar-refractivity contribution is 0.0920. The Morgan fingerprint density at radius 1 is 0.837 bits per heavy atom. The Balaban J connectivity index is 1.21. The van der Waals surface area contributed by atoms with Gasteiger partial charge < -0.3 is 20.3 Å². The van der Waals surface area contributed by atoms with Crippen molar-refractivity contribution in [3.63, 3.8) is 0 Å². The van der Waals surface area contributed by atoms with Gasteiger partial charge in [-0.1, -0.05) is 53.5 Å². The van der Waals surface area contributed by atoms with E-state index in [0.29, 0.717) is 48.1 Å². The minimum Gasteiger partial charge on any atom is -0.456 e. The third-order valence-corrected chi connectivity index (χ3v) is 8.74. The first-order valence-corrected chi connectivity index (χ1v) is 15.7. The molecule has 0 atom stereocenters. The molecule has 3 N–H and O–H groups in total. The highest BCUT2D eigenvalue weighted by Crippen LogP contribution is 2.30. The van der Waals surface area contributed by atoms with Crippen LogP contribution in [-0.4, -0.2) is 44.4 Å². The fraction of sp³-hybridized carbons (Fsp3) is 0.161. The van der Waals surface area contributed by atoms with Crippen LogP contribution >= 0.6 is 23.2 Å². The fourth-order valence-corrected chi connectivity index (χ4v) is 5.98. The molecule has 5 rings (SSSR count). The molecule has 4 aromatic carbocycles. The molecular formula is C31H28Cl2N4O5S. The van der Waals surface area contributed by atoms with E-state index in [1.165, 1.54) is 42.5 Å². The molecule has 1 aliphatic rings. The maximum Gasteiger partial charge on any atom is 0.321 e. The van der Waals surface area contributed by atoms with Crippen LogP contribution in [0, 0.1) is 0 Å². The van der Waals surface area contributed by atoms with Crippen molar-refractivity contribution in [1.82, 2.24) is 10.2 Å². The maximum absolute atomic E-state index is 13.3. The number of nitrogens with zero attached hydrogens (tertiary/aromatic N) is 1. The van der Waals surface area contributed by atoms with Gasteiger partial charge in [0, 0.05) is 29.8 Å². The van der Waals surface area contributed by atoms with E-state index in [0.717, 1.165) is 0 Å². The summed E-state index contributed by atoms with van der Waals surface area (Å²) in [6, 6.07) is 25.9. The van der Waals surface area contributed by atoms with Crippen molar-refractivity contribution in [3.8, 4) is 11.5 Å². The molecule has 1 heterocycles. The van der Waals surface area contributed by atoms with E-state index in [-0.39, 0.29) is 33.2 Å². The predicted molar refractivity (Wildman–Crippen MR) is 168 cm³/mol. The zero-order valence-corrected chi connectivity index (χ0v) is 25.1. The molecule has 4 aromatic rings. The molecule has 3 amide bonds. The number of benzene rings is 4. The third kappa shape index (κ3) is 7.78. The molecule has 0 radical (unpaired) electrons. The van der Waals surface area contributed by atoms with Gasteiger partial charge in [0.25, 0.3) is 15.9 Å². The van der Waals surface area contributed by atoms with Crippen molar-refractivity contribution in [2.24, 2.45) is 0 Å². The van der Waals surface area contributed by atoms with Gasteiger partial charge in [-0.3, -0.25) is 9.52 Å². The van der Waals surface area contributed by atoms with E-state index < -0.39 is 15.9 Å². The molecule has 0 spiro atoms. The lowest BCUT2D eigenvalue weighted by Gasteiger charge is -2.32. The second-order valence-electron chi connectivity index (χ2n) is 9.83. The van der Waals surface area contributed by atoms with Gasteiger partial charge in [-0.25, -0.2) is 13.2 Å². The molecule has 0 bridgehead atoms. The molecular weight excluding hydrogens is 611 g/mol. The van der Waals surface area contributed by atoms with E-state index in [1.54, 1.807) is 29.2 Å². The van der Waals surface area contributed by atoms with Crippen LogP contribution in [0.25, 0.3) is 0 Å². The number of likely N-dealkylation sites (tertiary alicyclic amines) is 1. The monoisotopic (exact) mass is 638 g/mol. The summed E-state index contributed by atoms with van der Waals surface area (Å²) in [7, 11) is -4.06. The van der Waals surface area contributed by atoms with Crippen molar-refractivity contribution in [1.29, 1.82) is 0 Å². The topological polar surface area (TPSA) is 117 Å². The number of ether oxygens (including phenoxy) is 1. The van der Waals surface area contributed by atoms with Crippen LogP contribution < -0.4 is 20.1 Å². The average molecular weight is 640 g/mol. The number of nitrogens with one attached hydrogen (secondary N) is 3. The summed E-state index contributed by atoms with van der Waals surface area (Å²) in [5.41, 5.74) is 0.872. The number of carbonyl (C=O) groups is 2. The predicted octanol–water partition coefficient (Wildman–Crippen LogP) is 7.01. The van der Waals surface area contributed by atoms with Crippen molar-refractivity contribution in [2.75, 3.05) is 23.1 Å². The Labute approximate surface area is 259 Å². The molecule has 43 heavy (non-hydrogen) atoms. The standard InChI is InChI=1S/C31H28Cl2N4O5S/c32-21-10-15-28(36-43(40,41)25-13-11-24(12-14-25)42-29-9-5-4-8-27(29)33)26(20-21)30(38)34-23-16-18-37(19-17-23)31(39)35-22-6-2-1-3-7-22/h1-15,20,23,36H,16-19H2,(H,34,38)(H,35,39).